The third-order valence-electron chi connectivity index (χ3n) is 3.77. The number of nitrogens with zero attached hydrogens (tertiary/aromatic N) is 3. The van der Waals surface area contributed by atoms with E-state index in [0.717, 1.165) is 24.4 Å². The number of nitro groups is 1. The van der Waals surface area contributed by atoms with Gasteiger partial charge in [0, 0.05) is 19.2 Å². The van der Waals surface area contributed by atoms with Crippen LogP contribution >= 0.6 is 23.8 Å². The van der Waals surface area contributed by atoms with Crippen LogP contribution in [-0.4, -0.2) is 33.5 Å². The molecule has 1 aromatic heterocycles. The van der Waals surface area contributed by atoms with Crippen LogP contribution in [0.1, 0.15) is 17.8 Å². The van der Waals surface area contributed by atoms with Gasteiger partial charge in [-0.15, -0.1) is 0 Å². The van der Waals surface area contributed by atoms with E-state index in [2.05, 4.69) is 15.7 Å². The van der Waals surface area contributed by atoms with E-state index in [4.69, 9.17) is 28.6 Å². The van der Waals surface area contributed by atoms with Crippen LogP contribution in [0.5, 0.6) is 5.75 Å². The monoisotopic (exact) mass is 397 g/mol. The van der Waals surface area contributed by atoms with Crippen molar-refractivity contribution in [2.75, 3.05) is 19.0 Å². The van der Waals surface area contributed by atoms with Crippen molar-refractivity contribution in [2.24, 2.45) is 0 Å². The van der Waals surface area contributed by atoms with E-state index >= 15 is 0 Å². The number of hydrogen-bond acceptors (Lipinski definition) is 5. The molecule has 0 aliphatic carbocycles. The highest BCUT2D eigenvalue weighted by atomic mass is 35.5. The van der Waals surface area contributed by atoms with Crippen molar-refractivity contribution in [2.45, 2.75) is 26.8 Å². The summed E-state index contributed by atoms with van der Waals surface area (Å²) >= 11 is 11.4. The highest BCUT2D eigenvalue weighted by Crippen LogP contribution is 2.28. The van der Waals surface area contributed by atoms with Gasteiger partial charge in [0.25, 0.3) is 5.69 Å². The van der Waals surface area contributed by atoms with Crippen molar-refractivity contribution in [3.63, 3.8) is 0 Å². The van der Waals surface area contributed by atoms with Crippen LogP contribution in [0.4, 0.5) is 11.4 Å². The summed E-state index contributed by atoms with van der Waals surface area (Å²) < 4.78 is 7.04. The number of methoxy groups -OCH3 is 1. The van der Waals surface area contributed by atoms with Crippen molar-refractivity contribution in [3.8, 4) is 5.75 Å². The second-order valence-corrected chi connectivity index (χ2v) is 6.37. The van der Waals surface area contributed by atoms with Gasteiger partial charge >= 0.3 is 0 Å². The Bertz CT molecular complexity index is 824. The first-order valence-corrected chi connectivity index (χ1v) is 8.69. The zero-order chi connectivity index (χ0) is 19.3. The van der Waals surface area contributed by atoms with Crippen LogP contribution < -0.4 is 15.4 Å². The minimum atomic E-state index is -0.478. The van der Waals surface area contributed by atoms with E-state index in [1.165, 1.54) is 19.2 Å². The average Bonchev–Trinajstić information content (AvgIpc) is 2.85. The third kappa shape index (κ3) is 4.83. The topological polar surface area (TPSA) is 94.3 Å². The Labute approximate surface area is 161 Å². The number of nitrogens with one attached hydrogen (secondary N) is 2. The molecule has 0 aliphatic rings. The molecule has 0 saturated heterocycles. The lowest BCUT2D eigenvalue weighted by Crippen LogP contribution is -2.30. The van der Waals surface area contributed by atoms with Crippen LogP contribution in [0.2, 0.25) is 5.02 Å². The Morgan fingerprint density at radius 3 is 2.77 bits per heavy atom. The molecular formula is C16H20ClN5O3S. The van der Waals surface area contributed by atoms with Crippen LogP contribution in [-0.2, 0) is 6.54 Å². The summed E-state index contributed by atoms with van der Waals surface area (Å²) in [5, 5.41) is 22.4. The van der Waals surface area contributed by atoms with Crippen molar-refractivity contribution in [1.29, 1.82) is 0 Å². The maximum absolute atomic E-state index is 10.8. The summed E-state index contributed by atoms with van der Waals surface area (Å²) in [5.41, 5.74) is 2.27. The van der Waals surface area contributed by atoms with Gasteiger partial charge in [-0.25, -0.2) is 0 Å². The van der Waals surface area contributed by atoms with E-state index in [-0.39, 0.29) is 5.69 Å². The molecule has 0 aliphatic heterocycles. The molecule has 26 heavy (non-hydrogen) atoms. The van der Waals surface area contributed by atoms with E-state index in [1.807, 2.05) is 18.5 Å². The average molecular weight is 398 g/mol. The van der Waals surface area contributed by atoms with E-state index in [0.29, 0.717) is 28.1 Å². The number of aryl methyl sites for hydroxylation is 2. The number of halogens is 1. The molecule has 1 heterocycles. The SMILES string of the molecule is COc1cc([N+](=O)[O-])ccc1NC(=S)NCCCn1nc(C)c(Cl)c1C. The first-order valence-electron chi connectivity index (χ1n) is 7.90. The van der Waals surface area contributed by atoms with Crippen molar-refractivity contribution >= 4 is 40.3 Å². The molecule has 0 amide bonds. The first kappa shape index (κ1) is 19.9. The van der Waals surface area contributed by atoms with E-state index in [9.17, 15) is 10.1 Å². The molecule has 0 atom stereocenters. The molecule has 1 aromatic carbocycles. The normalized spacial score (nSPS) is 10.5. The Hall–Kier alpha value is -2.39. The molecule has 10 heteroatoms. The van der Waals surface area contributed by atoms with Gasteiger partial charge in [0.15, 0.2) is 5.11 Å². The molecule has 0 saturated carbocycles. The molecular weight excluding hydrogens is 378 g/mol. The molecule has 8 nitrogen and oxygen atoms in total. The first-order chi connectivity index (χ1) is 12.3. The number of rotatable bonds is 7. The van der Waals surface area contributed by atoms with Gasteiger partial charge in [-0.3, -0.25) is 14.8 Å². The largest absolute Gasteiger partial charge is 0.494 e. The summed E-state index contributed by atoms with van der Waals surface area (Å²) in [4.78, 5) is 10.3. The zero-order valence-corrected chi connectivity index (χ0v) is 16.3. The van der Waals surface area contributed by atoms with Crippen molar-refractivity contribution in [3.05, 3.63) is 44.7 Å². The highest BCUT2D eigenvalue weighted by molar-refractivity contribution is 7.80. The molecule has 140 valence electrons. The summed E-state index contributed by atoms with van der Waals surface area (Å²) in [6.07, 6.45) is 0.803. The van der Waals surface area contributed by atoms with Gasteiger partial charge in [-0.05, 0) is 38.6 Å². The lowest BCUT2D eigenvalue weighted by atomic mass is 10.2. The number of hydrogen-bond donors (Lipinski definition) is 2. The summed E-state index contributed by atoms with van der Waals surface area (Å²) in [5.74, 6) is 0.348. The Kier molecular flexibility index (Phi) is 6.76. The van der Waals surface area contributed by atoms with Gasteiger partial charge in [-0.1, -0.05) is 11.6 Å². The smallest absolute Gasteiger partial charge is 0.273 e. The van der Waals surface area contributed by atoms with Crippen molar-refractivity contribution < 1.29 is 9.66 Å². The standard InChI is InChI=1S/C16H20ClN5O3S/c1-10-15(17)11(2)21(20-10)8-4-7-18-16(26)19-13-6-5-12(22(23)24)9-14(13)25-3/h5-6,9H,4,7-8H2,1-3H3,(H2,18,19,26). The number of thiocarbonyl (C=S) groups is 1. The maximum Gasteiger partial charge on any atom is 0.273 e. The third-order valence-corrected chi connectivity index (χ3v) is 4.56. The fourth-order valence-corrected chi connectivity index (χ4v) is 2.73. The molecule has 0 unspecified atom stereocenters. The highest BCUT2D eigenvalue weighted by Gasteiger charge is 2.12. The molecule has 2 N–H and O–H groups in total. The summed E-state index contributed by atoms with van der Waals surface area (Å²) in [6, 6.07) is 4.29. The zero-order valence-electron chi connectivity index (χ0n) is 14.7. The minimum Gasteiger partial charge on any atom is -0.494 e. The number of ether oxygens (including phenoxy) is 1. The van der Waals surface area contributed by atoms with Crippen molar-refractivity contribution in [1.82, 2.24) is 15.1 Å². The van der Waals surface area contributed by atoms with Crippen LogP contribution in [0.25, 0.3) is 0 Å². The second kappa shape index (κ2) is 8.81. The second-order valence-electron chi connectivity index (χ2n) is 5.58. The van der Waals surface area contributed by atoms with E-state index < -0.39 is 4.92 Å². The molecule has 0 fully saturated rings. The summed E-state index contributed by atoms with van der Waals surface area (Å²) in [6.45, 7) is 5.16. The number of nitro benzene ring substituents is 1. The minimum absolute atomic E-state index is 0.0465. The fraction of sp³-hybridized carbons (Fsp3) is 0.375. The van der Waals surface area contributed by atoms with Gasteiger partial charge in [-0.2, -0.15) is 5.10 Å². The Balaban J connectivity index is 1.85. The number of aromatic nitrogens is 2. The van der Waals surface area contributed by atoms with E-state index in [1.54, 1.807) is 6.07 Å². The van der Waals surface area contributed by atoms with Gasteiger partial charge < -0.3 is 15.4 Å². The number of benzene rings is 1. The lowest BCUT2D eigenvalue weighted by Gasteiger charge is -2.13. The molecule has 2 rings (SSSR count). The van der Waals surface area contributed by atoms with Gasteiger partial charge in [0.1, 0.15) is 5.75 Å². The molecule has 0 spiro atoms. The number of anilines is 1. The summed E-state index contributed by atoms with van der Waals surface area (Å²) in [7, 11) is 1.44. The van der Waals surface area contributed by atoms with Gasteiger partial charge in [0.2, 0.25) is 0 Å². The predicted molar refractivity (Wildman–Crippen MR) is 105 cm³/mol. The quantitative estimate of drug-likeness (QED) is 0.320. The van der Waals surface area contributed by atoms with Gasteiger partial charge in [0.05, 0.1) is 40.2 Å². The Morgan fingerprint density at radius 1 is 1.46 bits per heavy atom. The van der Waals surface area contributed by atoms with Crippen LogP contribution in [0.15, 0.2) is 18.2 Å². The van der Waals surface area contributed by atoms with Crippen LogP contribution in [0.3, 0.4) is 0 Å². The molecule has 0 bridgehead atoms. The predicted octanol–water partition coefficient (Wildman–Crippen LogP) is 3.45. The number of non-ortho nitro benzene ring substituents is 1. The fourth-order valence-electron chi connectivity index (χ4n) is 2.39. The molecule has 0 radical (unpaired) electrons. The lowest BCUT2D eigenvalue weighted by molar-refractivity contribution is -0.384. The Morgan fingerprint density at radius 2 is 2.19 bits per heavy atom. The van der Waals surface area contributed by atoms with Crippen LogP contribution in [0, 0.1) is 24.0 Å². The molecule has 2 aromatic rings. The maximum atomic E-state index is 10.8.